The van der Waals surface area contributed by atoms with Crippen LogP contribution in [-0.4, -0.2) is 9.78 Å². The molecule has 7 heteroatoms. The fourth-order valence-electron chi connectivity index (χ4n) is 3.77. The Kier molecular flexibility index (Phi) is 6.07. The van der Waals surface area contributed by atoms with Gasteiger partial charge in [0.2, 0.25) is 0 Å². The molecule has 1 unspecified atom stereocenters. The molecule has 1 aromatic heterocycles. The number of nitrogens with one attached hydrogen (secondary N) is 1. The summed E-state index contributed by atoms with van der Waals surface area (Å²) >= 11 is 0. The summed E-state index contributed by atoms with van der Waals surface area (Å²) in [5.74, 6) is 0.132. The summed E-state index contributed by atoms with van der Waals surface area (Å²) in [5.41, 5.74) is 2.54. The minimum atomic E-state index is -3.87. The van der Waals surface area contributed by atoms with Crippen molar-refractivity contribution in [2.24, 2.45) is 7.05 Å². The number of fused-ring (bicyclic) bond motifs is 1. The van der Waals surface area contributed by atoms with E-state index in [9.17, 15) is 4.57 Å². The highest BCUT2D eigenvalue weighted by atomic mass is 31.2. The van der Waals surface area contributed by atoms with Crippen LogP contribution in [0.4, 0.5) is 5.69 Å². The molecule has 0 radical (unpaired) electrons. The number of para-hydroxylation sites is 3. The lowest BCUT2D eigenvalue weighted by Gasteiger charge is -2.29. The summed E-state index contributed by atoms with van der Waals surface area (Å²) in [6.45, 7) is 0. The molecule has 0 saturated heterocycles. The van der Waals surface area contributed by atoms with Crippen LogP contribution in [0.3, 0.4) is 0 Å². The van der Waals surface area contributed by atoms with Gasteiger partial charge in [0.05, 0.1) is 11.7 Å². The van der Waals surface area contributed by atoms with Crippen molar-refractivity contribution in [2.45, 2.75) is 5.78 Å². The number of rotatable bonds is 8. The van der Waals surface area contributed by atoms with Gasteiger partial charge in [-0.25, -0.2) is 4.57 Å². The average Bonchev–Trinajstić information content (AvgIpc) is 3.24. The van der Waals surface area contributed by atoms with Crippen molar-refractivity contribution >= 4 is 24.2 Å². The second-order valence-electron chi connectivity index (χ2n) is 7.85. The molecule has 0 aliphatic rings. The van der Waals surface area contributed by atoms with Crippen LogP contribution >= 0.6 is 7.60 Å². The van der Waals surface area contributed by atoms with Crippen molar-refractivity contribution in [2.75, 3.05) is 5.32 Å². The first-order chi connectivity index (χ1) is 16.6. The molecule has 34 heavy (non-hydrogen) atoms. The number of nitrogens with zero attached hydrogens (tertiary/aromatic N) is 2. The van der Waals surface area contributed by atoms with Crippen molar-refractivity contribution in [3.63, 3.8) is 0 Å². The van der Waals surface area contributed by atoms with E-state index in [1.54, 1.807) is 35.1 Å². The highest BCUT2D eigenvalue weighted by Gasteiger charge is 2.41. The maximum Gasteiger partial charge on any atom is 0.457 e. The zero-order valence-corrected chi connectivity index (χ0v) is 19.5. The first-order valence-electron chi connectivity index (χ1n) is 10.9. The van der Waals surface area contributed by atoms with E-state index in [-0.39, 0.29) is 0 Å². The third kappa shape index (κ3) is 4.68. The highest BCUT2D eigenvalue weighted by Crippen LogP contribution is 2.60. The van der Waals surface area contributed by atoms with Gasteiger partial charge in [0.15, 0.2) is 5.78 Å². The molecule has 4 aromatic carbocycles. The Labute approximate surface area is 198 Å². The Morgan fingerprint density at radius 1 is 0.794 bits per heavy atom. The second-order valence-corrected chi connectivity index (χ2v) is 9.81. The van der Waals surface area contributed by atoms with Gasteiger partial charge in [-0.05, 0) is 54.1 Å². The van der Waals surface area contributed by atoms with E-state index in [1.807, 2.05) is 92.0 Å². The van der Waals surface area contributed by atoms with E-state index in [0.29, 0.717) is 11.5 Å². The molecule has 170 valence electrons. The monoisotopic (exact) mass is 469 g/mol. The molecule has 0 amide bonds. The molecule has 1 N–H and O–H groups in total. The standard InChI is InChI=1S/C27H24N3O3P/c1-30-26-18-17-21(19-22(26)20-28-30)27(29-23-11-5-2-6-12-23)34(31,32-24-13-7-3-8-14-24)33-25-15-9-4-10-16-25/h2-20,27,29H,1H3. The van der Waals surface area contributed by atoms with Gasteiger partial charge in [-0.1, -0.05) is 60.7 Å². The van der Waals surface area contributed by atoms with Gasteiger partial charge in [-0.15, -0.1) is 0 Å². The van der Waals surface area contributed by atoms with Gasteiger partial charge >= 0.3 is 7.60 Å². The van der Waals surface area contributed by atoms with E-state index in [4.69, 9.17) is 9.05 Å². The number of anilines is 1. The van der Waals surface area contributed by atoms with E-state index in [0.717, 1.165) is 22.2 Å². The van der Waals surface area contributed by atoms with Gasteiger partial charge in [0.1, 0.15) is 11.5 Å². The van der Waals surface area contributed by atoms with Gasteiger partial charge in [-0.3, -0.25) is 4.68 Å². The van der Waals surface area contributed by atoms with E-state index < -0.39 is 13.4 Å². The van der Waals surface area contributed by atoms with Crippen LogP contribution in [0.25, 0.3) is 10.9 Å². The summed E-state index contributed by atoms with van der Waals surface area (Å²) in [6.07, 6.45) is 1.79. The van der Waals surface area contributed by atoms with Crippen molar-refractivity contribution in [1.82, 2.24) is 9.78 Å². The van der Waals surface area contributed by atoms with Crippen LogP contribution in [0, 0.1) is 0 Å². The predicted octanol–water partition coefficient (Wildman–Crippen LogP) is 7.04. The van der Waals surface area contributed by atoms with E-state index in [2.05, 4.69) is 10.4 Å². The summed E-state index contributed by atoms with van der Waals surface area (Å²) in [7, 11) is -1.98. The second kappa shape index (κ2) is 9.46. The maximum atomic E-state index is 14.7. The third-order valence-electron chi connectivity index (χ3n) is 5.43. The van der Waals surface area contributed by atoms with Crippen LogP contribution in [0.2, 0.25) is 0 Å². The summed E-state index contributed by atoms with van der Waals surface area (Å²) in [4.78, 5) is 0. The lowest BCUT2D eigenvalue weighted by atomic mass is 10.1. The Hall–Kier alpha value is -4.02. The van der Waals surface area contributed by atoms with Crippen LogP contribution in [-0.2, 0) is 11.6 Å². The first kappa shape index (κ1) is 21.8. The molecular formula is C27H24N3O3P. The van der Waals surface area contributed by atoms with Gasteiger partial charge in [0, 0.05) is 18.1 Å². The van der Waals surface area contributed by atoms with Crippen LogP contribution < -0.4 is 14.4 Å². The number of hydrogen-bond acceptors (Lipinski definition) is 5. The first-order valence-corrected chi connectivity index (χ1v) is 12.5. The third-order valence-corrected chi connectivity index (χ3v) is 7.42. The maximum absolute atomic E-state index is 14.7. The zero-order valence-electron chi connectivity index (χ0n) is 18.6. The summed E-state index contributed by atoms with van der Waals surface area (Å²) in [6, 6.07) is 33.7. The molecule has 0 saturated carbocycles. The summed E-state index contributed by atoms with van der Waals surface area (Å²) < 4.78 is 28.8. The topological polar surface area (TPSA) is 65.4 Å². The number of aryl methyl sites for hydroxylation is 1. The Morgan fingerprint density at radius 2 is 1.35 bits per heavy atom. The predicted molar refractivity (Wildman–Crippen MR) is 135 cm³/mol. The molecule has 0 aliphatic carbocycles. The molecular weight excluding hydrogens is 445 g/mol. The van der Waals surface area contributed by atoms with Crippen molar-refractivity contribution in [3.05, 3.63) is 121 Å². The van der Waals surface area contributed by atoms with Crippen molar-refractivity contribution < 1.29 is 13.6 Å². The van der Waals surface area contributed by atoms with E-state index >= 15 is 0 Å². The summed E-state index contributed by atoms with van der Waals surface area (Å²) in [5, 5.41) is 8.69. The molecule has 0 bridgehead atoms. The Bertz CT molecular complexity index is 1380. The largest absolute Gasteiger partial charge is 0.457 e. The SMILES string of the molecule is Cn1ncc2cc(C(Nc3ccccc3)P(=O)(Oc3ccccc3)Oc3ccccc3)ccc21. The molecule has 1 heterocycles. The lowest BCUT2D eigenvalue weighted by molar-refractivity contribution is 0.376. The average molecular weight is 469 g/mol. The minimum absolute atomic E-state index is 0.462. The number of benzene rings is 4. The van der Waals surface area contributed by atoms with Crippen molar-refractivity contribution in [3.8, 4) is 11.5 Å². The van der Waals surface area contributed by atoms with Gasteiger partial charge < -0.3 is 14.4 Å². The fourth-order valence-corrected chi connectivity index (χ4v) is 5.68. The van der Waals surface area contributed by atoms with E-state index in [1.165, 1.54) is 0 Å². The van der Waals surface area contributed by atoms with Crippen molar-refractivity contribution in [1.29, 1.82) is 0 Å². The molecule has 5 aromatic rings. The molecule has 0 spiro atoms. The normalized spacial score (nSPS) is 12.3. The van der Waals surface area contributed by atoms with Crippen LogP contribution in [0.5, 0.6) is 11.5 Å². The molecule has 0 aliphatic heterocycles. The molecule has 6 nitrogen and oxygen atoms in total. The quantitative estimate of drug-likeness (QED) is 0.247. The van der Waals surface area contributed by atoms with Gasteiger partial charge in [0.25, 0.3) is 0 Å². The smallest absolute Gasteiger partial charge is 0.414 e. The van der Waals surface area contributed by atoms with Crippen LogP contribution in [0.15, 0.2) is 115 Å². The Balaban J connectivity index is 1.63. The highest BCUT2D eigenvalue weighted by molar-refractivity contribution is 7.55. The zero-order chi connectivity index (χ0) is 23.4. The Morgan fingerprint density at radius 3 is 1.94 bits per heavy atom. The van der Waals surface area contributed by atoms with Crippen LogP contribution in [0.1, 0.15) is 11.3 Å². The molecule has 5 rings (SSSR count). The minimum Gasteiger partial charge on any atom is -0.414 e. The number of aromatic nitrogens is 2. The molecule has 0 fully saturated rings. The molecule has 1 atom stereocenters. The number of hydrogen-bond donors (Lipinski definition) is 1. The van der Waals surface area contributed by atoms with Gasteiger partial charge in [-0.2, -0.15) is 5.10 Å². The fraction of sp³-hybridized carbons (Fsp3) is 0.0741. The lowest BCUT2D eigenvalue weighted by Crippen LogP contribution is -2.18.